The zero-order valence-corrected chi connectivity index (χ0v) is 12.2. The van der Waals surface area contributed by atoms with E-state index >= 15 is 0 Å². The fraction of sp³-hybridized carbons (Fsp3) is 0.158. The average Bonchev–Trinajstić information content (AvgIpc) is 2.34. The van der Waals surface area contributed by atoms with Gasteiger partial charge in [-0.25, -0.2) is 0 Å². The lowest BCUT2D eigenvalue weighted by Gasteiger charge is -2.16. The quantitative estimate of drug-likeness (QED) is 0.600. The van der Waals surface area contributed by atoms with Crippen molar-refractivity contribution in [3.63, 3.8) is 0 Å². The van der Waals surface area contributed by atoms with Crippen molar-refractivity contribution >= 4 is 5.57 Å². The van der Waals surface area contributed by atoms with Gasteiger partial charge in [0.25, 0.3) is 0 Å². The SMILES string of the molecule is C=C/C=C(\C(=C)C(=C)C)C(=C)c1ccc(C)cc1C. The summed E-state index contributed by atoms with van der Waals surface area (Å²) in [5.41, 5.74) is 7.42. The van der Waals surface area contributed by atoms with E-state index < -0.39 is 0 Å². The summed E-state index contributed by atoms with van der Waals surface area (Å²) in [6.45, 7) is 22.2. The minimum Gasteiger partial charge on any atom is -0.0990 e. The van der Waals surface area contributed by atoms with E-state index in [4.69, 9.17) is 0 Å². The molecule has 0 atom stereocenters. The predicted octanol–water partition coefficient (Wildman–Crippen LogP) is 5.56. The first-order valence-corrected chi connectivity index (χ1v) is 6.33. The van der Waals surface area contributed by atoms with Crippen molar-refractivity contribution in [1.82, 2.24) is 0 Å². The fourth-order valence-corrected chi connectivity index (χ4v) is 2.03. The third-order valence-corrected chi connectivity index (χ3v) is 3.16. The summed E-state index contributed by atoms with van der Waals surface area (Å²) in [4.78, 5) is 0. The Morgan fingerprint density at radius 1 is 1.11 bits per heavy atom. The van der Waals surface area contributed by atoms with Crippen molar-refractivity contribution in [3.05, 3.63) is 90.1 Å². The Morgan fingerprint density at radius 2 is 1.74 bits per heavy atom. The molecule has 0 N–H and O–H groups in total. The topological polar surface area (TPSA) is 0 Å². The molecular weight excluding hydrogens is 228 g/mol. The van der Waals surface area contributed by atoms with Gasteiger partial charge in [0.05, 0.1) is 0 Å². The smallest absolute Gasteiger partial charge is 0.0115 e. The van der Waals surface area contributed by atoms with Crippen molar-refractivity contribution < 1.29 is 0 Å². The van der Waals surface area contributed by atoms with Gasteiger partial charge in [0.2, 0.25) is 0 Å². The van der Waals surface area contributed by atoms with Gasteiger partial charge in [-0.3, -0.25) is 0 Å². The highest BCUT2D eigenvalue weighted by atomic mass is 14.2. The lowest BCUT2D eigenvalue weighted by atomic mass is 9.88. The van der Waals surface area contributed by atoms with Crippen molar-refractivity contribution in [2.24, 2.45) is 0 Å². The van der Waals surface area contributed by atoms with Crippen LogP contribution in [0.5, 0.6) is 0 Å². The van der Waals surface area contributed by atoms with Gasteiger partial charge in [-0.1, -0.05) is 67.8 Å². The monoisotopic (exact) mass is 250 g/mol. The van der Waals surface area contributed by atoms with E-state index in [9.17, 15) is 0 Å². The van der Waals surface area contributed by atoms with Gasteiger partial charge < -0.3 is 0 Å². The molecule has 0 radical (unpaired) electrons. The van der Waals surface area contributed by atoms with Crippen LogP contribution in [-0.2, 0) is 0 Å². The second-order valence-corrected chi connectivity index (χ2v) is 4.87. The maximum Gasteiger partial charge on any atom is -0.0115 e. The molecule has 0 saturated heterocycles. The molecule has 0 unspecified atom stereocenters. The molecule has 1 aromatic carbocycles. The second-order valence-electron chi connectivity index (χ2n) is 4.87. The summed E-state index contributed by atoms with van der Waals surface area (Å²) < 4.78 is 0. The van der Waals surface area contributed by atoms with Crippen LogP contribution in [0.2, 0.25) is 0 Å². The molecule has 0 aromatic heterocycles. The molecule has 0 nitrogen and oxygen atoms in total. The lowest BCUT2D eigenvalue weighted by Crippen LogP contribution is -1.96. The maximum atomic E-state index is 4.22. The Bertz CT molecular complexity index is 580. The summed E-state index contributed by atoms with van der Waals surface area (Å²) in [6, 6.07) is 6.37. The van der Waals surface area contributed by atoms with Gasteiger partial charge in [-0.15, -0.1) is 0 Å². The van der Waals surface area contributed by atoms with E-state index in [1.165, 1.54) is 11.1 Å². The van der Waals surface area contributed by atoms with Crippen LogP contribution in [0.1, 0.15) is 23.6 Å². The van der Waals surface area contributed by atoms with E-state index in [-0.39, 0.29) is 0 Å². The summed E-state index contributed by atoms with van der Waals surface area (Å²) >= 11 is 0. The standard InChI is InChI=1S/C19H22/c1-8-9-19(16(6)13(2)3)17(7)18-11-10-14(4)12-15(18)5/h8-12H,1-2,6-7H2,3-5H3/b19-9+. The van der Waals surface area contributed by atoms with Gasteiger partial charge in [0, 0.05) is 0 Å². The normalized spacial score (nSPS) is 11.0. The number of aryl methyl sites for hydroxylation is 2. The first-order chi connectivity index (χ1) is 8.88. The molecule has 0 fully saturated rings. The van der Waals surface area contributed by atoms with Crippen LogP contribution in [0.15, 0.2) is 73.4 Å². The Hall–Kier alpha value is -2.08. The first kappa shape index (κ1) is 15.0. The minimum absolute atomic E-state index is 0.907. The summed E-state index contributed by atoms with van der Waals surface area (Å²) in [7, 11) is 0. The Kier molecular flexibility index (Phi) is 4.88. The highest BCUT2D eigenvalue weighted by molar-refractivity contribution is 5.85. The van der Waals surface area contributed by atoms with Crippen molar-refractivity contribution in [1.29, 1.82) is 0 Å². The van der Waals surface area contributed by atoms with E-state index in [0.717, 1.165) is 27.9 Å². The molecule has 0 heteroatoms. The van der Waals surface area contributed by atoms with Crippen LogP contribution in [-0.4, -0.2) is 0 Å². The van der Waals surface area contributed by atoms with Gasteiger partial charge in [-0.05, 0) is 48.6 Å². The predicted molar refractivity (Wildman–Crippen MR) is 87.2 cm³/mol. The summed E-state index contributed by atoms with van der Waals surface area (Å²) in [5.74, 6) is 0. The highest BCUT2D eigenvalue weighted by Crippen LogP contribution is 2.31. The summed E-state index contributed by atoms with van der Waals surface area (Å²) in [6.07, 6.45) is 3.71. The fourth-order valence-electron chi connectivity index (χ4n) is 2.03. The molecule has 0 aliphatic heterocycles. The Balaban J connectivity index is 3.29. The molecule has 0 saturated carbocycles. The van der Waals surface area contributed by atoms with Crippen LogP contribution in [0, 0.1) is 13.8 Å². The first-order valence-electron chi connectivity index (χ1n) is 6.33. The molecule has 19 heavy (non-hydrogen) atoms. The molecule has 0 aliphatic carbocycles. The van der Waals surface area contributed by atoms with Crippen molar-refractivity contribution in [2.75, 3.05) is 0 Å². The molecule has 1 aromatic rings. The molecule has 0 spiro atoms. The van der Waals surface area contributed by atoms with Crippen molar-refractivity contribution in [3.8, 4) is 0 Å². The van der Waals surface area contributed by atoms with Gasteiger partial charge in [0.1, 0.15) is 0 Å². The zero-order chi connectivity index (χ0) is 14.6. The van der Waals surface area contributed by atoms with E-state index in [1.54, 1.807) is 6.08 Å². The van der Waals surface area contributed by atoms with Crippen LogP contribution >= 0.6 is 0 Å². The third kappa shape index (κ3) is 3.45. The van der Waals surface area contributed by atoms with Crippen LogP contribution in [0.4, 0.5) is 0 Å². The number of hydrogen-bond donors (Lipinski definition) is 0. The Labute approximate surface area is 117 Å². The van der Waals surface area contributed by atoms with Crippen molar-refractivity contribution in [2.45, 2.75) is 20.8 Å². The molecule has 0 bridgehead atoms. The number of allylic oxidation sites excluding steroid dienone is 6. The zero-order valence-electron chi connectivity index (χ0n) is 12.2. The van der Waals surface area contributed by atoms with Gasteiger partial charge >= 0.3 is 0 Å². The van der Waals surface area contributed by atoms with Gasteiger partial charge in [-0.2, -0.15) is 0 Å². The number of rotatable bonds is 5. The van der Waals surface area contributed by atoms with Crippen LogP contribution < -0.4 is 0 Å². The molecule has 98 valence electrons. The number of hydrogen-bond acceptors (Lipinski definition) is 0. The van der Waals surface area contributed by atoms with Crippen LogP contribution in [0.3, 0.4) is 0 Å². The average molecular weight is 250 g/mol. The van der Waals surface area contributed by atoms with Crippen LogP contribution in [0.25, 0.3) is 5.57 Å². The third-order valence-electron chi connectivity index (χ3n) is 3.16. The second kappa shape index (κ2) is 6.19. The lowest BCUT2D eigenvalue weighted by molar-refractivity contribution is 1.34. The summed E-state index contributed by atoms with van der Waals surface area (Å²) in [5, 5.41) is 0. The van der Waals surface area contributed by atoms with E-state index in [1.807, 2.05) is 13.0 Å². The molecule has 0 amide bonds. The molecule has 0 aliphatic rings. The Morgan fingerprint density at radius 3 is 2.21 bits per heavy atom. The molecule has 0 heterocycles. The van der Waals surface area contributed by atoms with Gasteiger partial charge in [0.15, 0.2) is 0 Å². The highest BCUT2D eigenvalue weighted by Gasteiger charge is 2.11. The number of benzene rings is 1. The molecular formula is C19H22. The van der Waals surface area contributed by atoms with E-state index in [0.29, 0.717) is 0 Å². The van der Waals surface area contributed by atoms with E-state index in [2.05, 4.69) is 58.4 Å². The minimum atomic E-state index is 0.907. The largest absolute Gasteiger partial charge is 0.0990 e. The maximum absolute atomic E-state index is 4.22. The molecule has 1 rings (SSSR count).